The van der Waals surface area contributed by atoms with Crippen LogP contribution in [0.1, 0.15) is 357 Å². The maximum atomic E-state index is 13.0. The second kappa shape index (κ2) is 61.6. The molecule has 19 heteroatoms. The zero-order chi connectivity index (χ0) is 67.5. The van der Waals surface area contributed by atoms with Crippen molar-refractivity contribution in [2.24, 2.45) is 23.7 Å². The molecule has 0 heterocycles. The lowest BCUT2D eigenvalue weighted by Gasteiger charge is -2.21. The van der Waals surface area contributed by atoms with Crippen LogP contribution in [0.3, 0.4) is 0 Å². The van der Waals surface area contributed by atoms with E-state index in [9.17, 15) is 43.2 Å². The molecule has 0 bridgehead atoms. The molecule has 0 aliphatic carbocycles. The third kappa shape index (κ3) is 66.5. The van der Waals surface area contributed by atoms with E-state index in [4.69, 9.17) is 37.0 Å². The minimum atomic E-state index is -4.95. The summed E-state index contributed by atoms with van der Waals surface area (Å²) >= 11 is 0. The number of hydrogen-bond acceptors (Lipinski definition) is 15. The van der Waals surface area contributed by atoms with Gasteiger partial charge in [-0.2, -0.15) is 0 Å². The summed E-state index contributed by atoms with van der Waals surface area (Å²) in [7, 11) is -9.91. The summed E-state index contributed by atoms with van der Waals surface area (Å²) in [6, 6.07) is 0. The number of aliphatic hydroxyl groups is 1. The Balaban J connectivity index is 5.26. The first kappa shape index (κ1) is 89.1. The van der Waals surface area contributed by atoms with Gasteiger partial charge in [0.2, 0.25) is 0 Å². The number of phosphoric ester groups is 2. The monoisotopic (exact) mass is 1340 g/mol. The molecule has 0 rings (SSSR count). The van der Waals surface area contributed by atoms with Gasteiger partial charge in [-0.05, 0) is 49.4 Å². The second-order valence-electron chi connectivity index (χ2n) is 27.9. The zero-order valence-corrected chi connectivity index (χ0v) is 61.3. The summed E-state index contributed by atoms with van der Waals surface area (Å²) in [6.07, 6.45) is 44.4. The lowest BCUT2D eigenvalue weighted by atomic mass is 10.0. The van der Waals surface area contributed by atoms with Crippen molar-refractivity contribution in [2.45, 2.75) is 375 Å². The van der Waals surface area contributed by atoms with Crippen LogP contribution in [0.5, 0.6) is 0 Å². The molecule has 0 radical (unpaired) electrons. The van der Waals surface area contributed by atoms with E-state index in [0.29, 0.717) is 31.6 Å². The molecule has 0 saturated heterocycles. The van der Waals surface area contributed by atoms with Crippen molar-refractivity contribution in [3.63, 3.8) is 0 Å². The number of carbonyl (C=O) groups is 4. The highest BCUT2D eigenvalue weighted by Crippen LogP contribution is 2.45. The van der Waals surface area contributed by atoms with Crippen LogP contribution in [0.4, 0.5) is 0 Å². The molecule has 0 aliphatic heterocycles. The largest absolute Gasteiger partial charge is 0.472 e. The first-order chi connectivity index (χ1) is 43.6. The SMILES string of the molecule is CC(C)CCCCCCCCCCCCCC(=O)OC[C@H](COP(=O)(O)OCC(O)COP(=O)(O)OC[C@@H](COC(=O)CCCCCCCCCC(C)C)OC(=O)CCCCCCCCCCCCC(C)C)OC(=O)CCCCCCCCCCCCCC(C)C. The molecule has 0 aliphatic rings. The van der Waals surface area contributed by atoms with Crippen molar-refractivity contribution in [2.75, 3.05) is 39.6 Å². The van der Waals surface area contributed by atoms with Gasteiger partial charge in [-0.3, -0.25) is 37.3 Å². The van der Waals surface area contributed by atoms with E-state index in [-0.39, 0.29) is 25.7 Å². The van der Waals surface area contributed by atoms with Crippen molar-refractivity contribution in [1.29, 1.82) is 0 Å². The molecule has 0 amide bonds. The molecule has 17 nitrogen and oxygen atoms in total. The summed E-state index contributed by atoms with van der Waals surface area (Å²) in [5, 5.41) is 10.6. The van der Waals surface area contributed by atoms with Gasteiger partial charge in [0.1, 0.15) is 19.3 Å². The molecule has 0 fully saturated rings. The lowest BCUT2D eigenvalue weighted by Crippen LogP contribution is -2.30. The Morgan fingerprint density at radius 3 is 0.681 bits per heavy atom. The van der Waals surface area contributed by atoms with Crippen LogP contribution < -0.4 is 0 Å². The van der Waals surface area contributed by atoms with Crippen molar-refractivity contribution in [3.8, 4) is 0 Å². The highest BCUT2D eigenvalue weighted by molar-refractivity contribution is 7.47. The van der Waals surface area contributed by atoms with E-state index in [1.807, 2.05) is 0 Å². The topological polar surface area (TPSA) is 237 Å². The van der Waals surface area contributed by atoms with Gasteiger partial charge in [-0.25, -0.2) is 9.13 Å². The second-order valence-corrected chi connectivity index (χ2v) is 30.8. The standard InChI is InChI=1S/C72H140O17P2/c1-62(2)48-40-32-24-17-11-9-13-20-28-36-44-52-69(74)82-58-67(88-71(76)54-46-38-29-21-14-10-12-18-25-33-41-49-63(3)4)60-86-90(78,79)84-56-66(73)57-85-91(80,81)87-61-68(59-83-70(75)53-45-37-31-23-27-35-43-51-65(7)8)89-72(77)55-47-39-30-22-16-15-19-26-34-42-50-64(5)6/h62-68,73H,9-61H2,1-8H3,(H,78,79)(H,80,81)/t66?,67-,68-/m1/s1. The van der Waals surface area contributed by atoms with Crippen molar-refractivity contribution in [3.05, 3.63) is 0 Å². The molecule has 3 N–H and O–H groups in total. The quantitative estimate of drug-likeness (QED) is 0.0222. The van der Waals surface area contributed by atoms with Gasteiger partial charge in [-0.1, -0.05) is 306 Å². The molecule has 0 aromatic carbocycles. The van der Waals surface area contributed by atoms with E-state index in [2.05, 4.69) is 55.4 Å². The Morgan fingerprint density at radius 1 is 0.275 bits per heavy atom. The van der Waals surface area contributed by atoms with E-state index in [1.54, 1.807) is 0 Å². The first-order valence-electron chi connectivity index (χ1n) is 37.2. The summed E-state index contributed by atoms with van der Waals surface area (Å²) < 4.78 is 68.4. The minimum absolute atomic E-state index is 0.105. The van der Waals surface area contributed by atoms with Crippen LogP contribution in [0.15, 0.2) is 0 Å². The Labute approximate surface area is 556 Å². The molecule has 0 spiro atoms. The molecule has 0 aromatic rings. The normalized spacial score (nSPS) is 14.2. The Hall–Kier alpha value is -1.94. The maximum Gasteiger partial charge on any atom is 0.472 e. The Morgan fingerprint density at radius 2 is 0.462 bits per heavy atom. The van der Waals surface area contributed by atoms with Crippen LogP contribution in [0.25, 0.3) is 0 Å². The molecule has 3 unspecified atom stereocenters. The van der Waals surface area contributed by atoms with Gasteiger partial charge in [0, 0.05) is 25.7 Å². The fraction of sp³-hybridized carbons (Fsp3) is 0.944. The van der Waals surface area contributed by atoms with Crippen molar-refractivity contribution >= 4 is 39.5 Å². The Bertz CT molecular complexity index is 1800. The van der Waals surface area contributed by atoms with E-state index >= 15 is 0 Å². The molecule has 540 valence electrons. The number of carbonyl (C=O) groups excluding carboxylic acids is 4. The number of aliphatic hydroxyl groups excluding tert-OH is 1. The third-order valence-corrected chi connectivity index (χ3v) is 18.5. The maximum absolute atomic E-state index is 13.0. The predicted octanol–water partition coefficient (Wildman–Crippen LogP) is 20.5. The van der Waals surface area contributed by atoms with Gasteiger partial charge < -0.3 is 33.8 Å². The van der Waals surface area contributed by atoms with Gasteiger partial charge in [0.05, 0.1) is 26.4 Å². The smallest absolute Gasteiger partial charge is 0.462 e. The predicted molar refractivity (Wildman–Crippen MR) is 367 cm³/mol. The van der Waals surface area contributed by atoms with Gasteiger partial charge >= 0.3 is 39.5 Å². The summed E-state index contributed by atoms with van der Waals surface area (Å²) in [5.74, 6) is 0.867. The number of phosphoric acid groups is 2. The summed E-state index contributed by atoms with van der Waals surface area (Å²) in [4.78, 5) is 72.6. The fourth-order valence-corrected chi connectivity index (χ4v) is 12.4. The minimum Gasteiger partial charge on any atom is -0.462 e. The lowest BCUT2D eigenvalue weighted by molar-refractivity contribution is -0.161. The van der Waals surface area contributed by atoms with Gasteiger partial charge in [0.25, 0.3) is 0 Å². The van der Waals surface area contributed by atoms with Crippen LogP contribution >= 0.6 is 15.6 Å². The molecule has 0 saturated carbocycles. The number of ether oxygens (including phenoxy) is 4. The van der Waals surface area contributed by atoms with E-state index in [0.717, 1.165) is 114 Å². The van der Waals surface area contributed by atoms with Crippen LogP contribution in [0.2, 0.25) is 0 Å². The fourth-order valence-electron chi connectivity index (χ4n) is 10.8. The first-order valence-corrected chi connectivity index (χ1v) is 40.2. The van der Waals surface area contributed by atoms with Gasteiger partial charge in [0.15, 0.2) is 12.2 Å². The average Bonchev–Trinajstić information content (AvgIpc) is 3.48. The van der Waals surface area contributed by atoms with Crippen LogP contribution in [-0.2, 0) is 65.4 Å². The number of rotatable bonds is 69. The molecular weight excluding hydrogens is 1200 g/mol. The number of unbranched alkanes of at least 4 members (excludes halogenated alkanes) is 35. The Kier molecular flexibility index (Phi) is 60.3. The highest BCUT2D eigenvalue weighted by Gasteiger charge is 2.30. The van der Waals surface area contributed by atoms with Crippen molar-refractivity contribution in [1.82, 2.24) is 0 Å². The average molecular weight is 1340 g/mol. The van der Waals surface area contributed by atoms with Crippen LogP contribution in [-0.4, -0.2) is 96.7 Å². The molecular formula is C72H140O17P2. The third-order valence-electron chi connectivity index (χ3n) is 16.6. The van der Waals surface area contributed by atoms with E-state index in [1.165, 1.54) is 154 Å². The summed E-state index contributed by atoms with van der Waals surface area (Å²) in [6.45, 7) is 14.1. The number of esters is 4. The zero-order valence-electron chi connectivity index (χ0n) is 59.5. The molecule has 0 aromatic heterocycles. The highest BCUT2D eigenvalue weighted by atomic mass is 31.2. The summed E-state index contributed by atoms with van der Waals surface area (Å²) in [5.41, 5.74) is 0. The molecule has 5 atom stereocenters. The van der Waals surface area contributed by atoms with Crippen molar-refractivity contribution < 1.29 is 80.2 Å². The van der Waals surface area contributed by atoms with Gasteiger partial charge in [-0.15, -0.1) is 0 Å². The van der Waals surface area contributed by atoms with Crippen LogP contribution in [0, 0.1) is 23.7 Å². The van der Waals surface area contributed by atoms with E-state index < -0.39 is 97.5 Å². The number of hydrogen-bond donors (Lipinski definition) is 3. The molecule has 91 heavy (non-hydrogen) atoms.